The fourth-order valence-electron chi connectivity index (χ4n) is 3.06. The molecule has 0 radical (unpaired) electrons. The van der Waals surface area contributed by atoms with Gasteiger partial charge in [0.25, 0.3) is 5.91 Å². The monoisotopic (exact) mass is 350 g/mol. The third kappa shape index (κ3) is 3.77. The molecule has 0 spiro atoms. The number of aromatic nitrogens is 1. The number of carbonyl (C=O) groups excluding carboxylic acids is 1. The molecule has 0 fully saturated rings. The molecule has 0 unspecified atom stereocenters. The number of para-hydroxylation sites is 1. The van der Waals surface area contributed by atoms with Crippen molar-refractivity contribution < 1.29 is 9.21 Å². The molecule has 2 aromatic heterocycles. The number of nitrogens with zero attached hydrogens (tertiary/aromatic N) is 1. The second-order valence-electron chi connectivity index (χ2n) is 6.21. The van der Waals surface area contributed by atoms with E-state index < -0.39 is 0 Å². The number of benzene rings is 1. The van der Waals surface area contributed by atoms with Crippen LogP contribution in [0.3, 0.4) is 0 Å². The Kier molecular flexibility index (Phi) is 5.37. The molecule has 3 rings (SSSR count). The van der Waals surface area contributed by atoms with Crippen LogP contribution in [0.25, 0.3) is 0 Å². The summed E-state index contributed by atoms with van der Waals surface area (Å²) in [6.07, 6.45) is 3.08. The van der Waals surface area contributed by atoms with Gasteiger partial charge in [-0.05, 0) is 37.6 Å². The first kappa shape index (κ1) is 17.7. The molecule has 3 aromatic rings. The molecule has 1 aromatic carbocycles. The molecule has 0 aliphatic rings. The van der Waals surface area contributed by atoms with E-state index in [9.17, 15) is 9.59 Å². The van der Waals surface area contributed by atoms with Crippen molar-refractivity contribution in [2.45, 2.75) is 33.2 Å². The van der Waals surface area contributed by atoms with Gasteiger partial charge in [0.2, 0.25) is 0 Å². The van der Waals surface area contributed by atoms with Gasteiger partial charge in [-0.1, -0.05) is 31.5 Å². The summed E-state index contributed by atoms with van der Waals surface area (Å²) in [5.41, 5.74) is 2.16. The fourth-order valence-corrected chi connectivity index (χ4v) is 3.06. The minimum absolute atomic E-state index is 0.202. The molecule has 0 bridgehead atoms. The maximum absolute atomic E-state index is 12.8. The molecule has 5 nitrogen and oxygen atoms in total. The van der Waals surface area contributed by atoms with Crippen molar-refractivity contribution in [3.05, 3.63) is 87.7 Å². The lowest BCUT2D eigenvalue weighted by atomic mass is 10.1. The van der Waals surface area contributed by atoms with Crippen LogP contribution >= 0.6 is 0 Å². The lowest BCUT2D eigenvalue weighted by Crippen LogP contribution is -2.28. The summed E-state index contributed by atoms with van der Waals surface area (Å²) >= 11 is 0. The van der Waals surface area contributed by atoms with Crippen LogP contribution in [0.5, 0.6) is 0 Å². The number of carbonyl (C=O) groups is 1. The van der Waals surface area contributed by atoms with Gasteiger partial charge in [-0.3, -0.25) is 9.59 Å². The number of hydrogen-bond donors (Lipinski definition) is 1. The Bertz CT molecular complexity index is 941. The molecular formula is C21H22N2O3. The Labute approximate surface area is 152 Å². The van der Waals surface area contributed by atoms with E-state index in [0.29, 0.717) is 18.7 Å². The van der Waals surface area contributed by atoms with Crippen molar-refractivity contribution in [2.24, 2.45) is 0 Å². The third-order valence-corrected chi connectivity index (χ3v) is 4.27. The van der Waals surface area contributed by atoms with Crippen LogP contribution in [0.4, 0.5) is 5.69 Å². The van der Waals surface area contributed by atoms with Crippen molar-refractivity contribution in [1.29, 1.82) is 0 Å². The first-order valence-electron chi connectivity index (χ1n) is 8.72. The van der Waals surface area contributed by atoms with Crippen molar-refractivity contribution in [3.8, 4) is 0 Å². The average molecular weight is 350 g/mol. The number of furan rings is 1. The molecule has 0 aliphatic heterocycles. The third-order valence-electron chi connectivity index (χ3n) is 4.27. The smallest absolute Gasteiger partial charge is 0.261 e. The van der Waals surface area contributed by atoms with E-state index in [1.165, 1.54) is 6.07 Å². The number of amides is 1. The van der Waals surface area contributed by atoms with Crippen LogP contribution in [-0.4, -0.2) is 10.5 Å². The quantitative estimate of drug-likeness (QED) is 0.731. The Morgan fingerprint density at radius 2 is 1.92 bits per heavy atom. The summed E-state index contributed by atoms with van der Waals surface area (Å²) in [6, 6.07) is 14.4. The Balaban J connectivity index is 2.05. The number of aryl methyl sites for hydroxylation is 1. The van der Waals surface area contributed by atoms with Gasteiger partial charge >= 0.3 is 0 Å². The van der Waals surface area contributed by atoms with Crippen molar-refractivity contribution in [2.75, 3.05) is 5.32 Å². The zero-order chi connectivity index (χ0) is 18.5. The van der Waals surface area contributed by atoms with Gasteiger partial charge in [-0.2, -0.15) is 0 Å². The molecular weight excluding hydrogens is 328 g/mol. The normalized spacial score (nSPS) is 10.7. The van der Waals surface area contributed by atoms with Crippen LogP contribution in [0.2, 0.25) is 0 Å². The van der Waals surface area contributed by atoms with E-state index in [-0.39, 0.29) is 16.9 Å². The second-order valence-corrected chi connectivity index (χ2v) is 6.21. The summed E-state index contributed by atoms with van der Waals surface area (Å²) < 4.78 is 7.44. The van der Waals surface area contributed by atoms with Crippen LogP contribution < -0.4 is 10.7 Å². The molecule has 1 amide bonds. The molecule has 1 N–H and O–H groups in total. The molecule has 2 heterocycles. The van der Waals surface area contributed by atoms with Gasteiger partial charge in [-0.15, -0.1) is 0 Å². The summed E-state index contributed by atoms with van der Waals surface area (Å²) in [6.45, 7) is 4.39. The average Bonchev–Trinajstić information content (AvgIpc) is 3.12. The van der Waals surface area contributed by atoms with Gasteiger partial charge in [0, 0.05) is 23.1 Å². The zero-order valence-electron chi connectivity index (χ0n) is 15.0. The number of pyridine rings is 1. The van der Waals surface area contributed by atoms with E-state index in [4.69, 9.17) is 4.42 Å². The van der Waals surface area contributed by atoms with Crippen molar-refractivity contribution in [3.63, 3.8) is 0 Å². The largest absolute Gasteiger partial charge is 0.467 e. The van der Waals surface area contributed by atoms with Gasteiger partial charge in [0.15, 0.2) is 5.43 Å². The highest BCUT2D eigenvalue weighted by atomic mass is 16.3. The predicted octanol–water partition coefficient (Wildman–Crippen LogP) is 4.00. The number of nitrogens with one attached hydrogen (secondary N) is 1. The van der Waals surface area contributed by atoms with E-state index in [0.717, 1.165) is 23.6 Å². The molecule has 0 saturated carbocycles. The van der Waals surface area contributed by atoms with E-state index >= 15 is 0 Å². The van der Waals surface area contributed by atoms with Gasteiger partial charge in [0.1, 0.15) is 11.3 Å². The lowest BCUT2D eigenvalue weighted by Gasteiger charge is -2.19. The minimum Gasteiger partial charge on any atom is -0.467 e. The molecule has 0 aliphatic carbocycles. The molecule has 134 valence electrons. The van der Waals surface area contributed by atoms with E-state index in [1.807, 2.05) is 48.7 Å². The second kappa shape index (κ2) is 7.87. The highest BCUT2D eigenvalue weighted by Gasteiger charge is 2.20. The SMILES string of the molecule is CCCc1c(C(=O)Nc2ccccc2)c(=O)cc(C)n1Cc1ccco1. The number of rotatable bonds is 6. The summed E-state index contributed by atoms with van der Waals surface area (Å²) in [5, 5.41) is 2.83. The number of hydrogen-bond acceptors (Lipinski definition) is 3. The zero-order valence-corrected chi connectivity index (χ0v) is 15.0. The summed E-state index contributed by atoms with van der Waals surface area (Å²) in [7, 11) is 0. The standard InChI is InChI=1S/C21H22N2O3/c1-3-8-18-20(21(25)22-16-9-5-4-6-10-16)19(24)13-15(2)23(18)14-17-11-7-12-26-17/h4-7,9-13H,3,8,14H2,1-2H3,(H,22,25). The maximum Gasteiger partial charge on any atom is 0.261 e. The predicted molar refractivity (Wildman–Crippen MR) is 102 cm³/mol. The lowest BCUT2D eigenvalue weighted by molar-refractivity contribution is 0.102. The number of anilines is 1. The van der Waals surface area contributed by atoms with Crippen molar-refractivity contribution >= 4 is 11.6 Å². The van der Waals surface area contributed by atoms with Gasteiger partial charge in [0.05, 0.1) is 12.8 Å². The van der Waals surface area contributed by atoms with Crippen LogP contribution in [0.1, 0.15) is 40.9 Å². The van der Waals surface area contributed by atoms with E-state index in [2.05, 4.69) is 5.32 Å². The Morgan fingerprint density at radius 3 is 2.58 bits per heavy atom. The van der Waals surface area contributed by atoms with E-state index in [1.54, 1.807) is 18.4 Å². The Hall–Kier alpha value is -3.08. The first-order chi connectivity index (χ1) is 12.6. The maximum atomic E-state index is 12.8. The minimum atomic E-state index is -0.377. The molecule has 0 saturated heterocycles. The topological polar surface area (TPSA) is 64.2 Å². The van der Waals surface area contributed by atoms with Gasteiger partial charge in [-0.25, -0.2) is 0 Å². The fraction of sp³-hybridized carbons (Fsp3) is 0.238. The highest BCUT2D eigenvalue weighted by molar-refractivity contribution is 6.05. The van der Waals surface area contributed by atoms with Crippen LogP contribution in [-0.2, 0) is 13.0 Å². The molecule has 26 heavy (non-hydrogen) atoms. The summed E-state index contributed by atoms with van der Waals surface area (Å²) in [4.78, 5) is 25.5. The highest BCUT2D eigenvalue weighted by Crippen LogP contribution is 2.16. The first-order valence-corrected chi connectivity index (χ1v) is 8.72. The van der Waals surface area contributed by atoms with Gasteiger partial charge < -0.3 is 14.3 Å². The molecule has 0 atom stereocenters. The van der Waals surface area contributed by atoms with Crippen LogP contribution in [0, 0.1) is 6.92 Å². The summed E-state index contributed by atoms with van der Waals surface area (Å²) in [5.74, 6) is 0.404. The molecule has 5 heteroatoms. The van der Waals surface area contributed by atoms with Crippen LogP contribution in [0.15, 0.2) is 64.0 Å². The van der Waals surface area contributed by atoms with Crippen molar-refractivity contribution in [1.82, 2.24) is 4.57 Å². The Morgan fingerprint density at radius 1 is 1.15 bits per heavy atom.